The van der Waals surface area contributed by atoms with Crippen molar-refractivity contribution in [3.63, 3.8) is 0 Å². The number of aliphatic hydroxyl groups is 1. The Morgan fingerprint density at radius 2 is 1.02 bits per heavy atom. The average molecular weight is 709 g/mol. The molecule has 280 valence electrons. The Morgan fingerprint density at radius 3 is 1.32 bits per heavy atom. The molecule has 0 saturated carbocycles. The first-order valence-electron chi connectivity index (χ1n) is 17.5. The second-order valence-electron chi connectivity index (χ2n) is 14.6. The van der Waals surface area contributed by atoms with E-state index in [1.54, 1.807) is 13.8 Å². The summed E-state index contributed by atoms with van der Waals surface area (Å²) in [6.45, 7) is 28.4. The van der Waals surface area contributed by atoms with E-state index < -0.39 is 22.7 Å². The third kappa shape index (κ3) is 27.8. The summed E-state index contributed by atoms with van der Waals surface area (Å²) in [5.74, 6) is -1.26. The SMILES string of the molecule is CCC(C)C(=O)OCC(O)COC(=O)C(C)CC.CCCC[Si](C)(C)O[Si](C)(C)CCCOC(=O)C(C)CC.COC(=O)C(C)(C)C. The van der Waals surface area contributed by atoms with E-state index in [9.17, 15) is 24.3 Å². The van der Waals surface area contributed by atoms with Crippen LogP contribution >= 0.6 is 0 Å². The maximum absolute atomic E-state index is 11.6. The highest BCUT2D eigenvalue weighted by atomic mass is 28.4. The second kappa shape index (κ2) is 26.1. The Kier molecular flexibility index (Phi) is 27.6. The molecule has 0 spiro atoms. The van der Waals surface area contributed by atoms with Crippen LogP contribution < -0.4 is 0 Å². The number of carbonyl (C=O) groups excluding carboxylic acids is 4. The van der Waals surface area contributed by atoms with Gasteiger partial charge in [-0.25, -0.2) is 0 Å². The van der Waals surface area contributed by atoms with Gasteiger partial charge in [-0.05, 0) is 84.7 Å². The van der Waals surface area contributed by atoms with Gasteiger partial charge >= 0.3 is 23.9 Å². The normalized spacial score (nSPS) is 14.1. The van der Waals surface area contributed by atoms with Gasteiger partial charge in [-0.1, -0.05) is 61.3 Å². The lowest BCUT2D eigenvalue weighted by atomic mass is 9.98. The molecule has 0 aliphatic heterocycles. The van der Waals surface area contributed by atoms with E-state index >= 15 is 0 Å². The largest absolute Gasteiger partial charge is 0.469 e. The second-order valence-corrected chi connectivity index (χ2v) is 23.4. The van der Waals surface area contributed by atoms with E-state index in [1.165, 1.54) is 26.0 Å². The summed E-state index contributed by atoms with van der Waals surface area (Å²) >= 11 is 0. The minimum atomic E-state index is -1.63. The van der Waals surface area contributed by atoms with Crippen LogP contribution in [0.25, 0.3) is 0 Å². The molecule has 0 radical (unpaired) electrons. The predicted molar refractivity (Wildman–Crippen MR) is 194 cm³/mol. The van der Waals surface area contributed by atoms with Gasteiger partial charge in [0.25, 0.3) is 0 Å². The van der Waals surface area contributed by atoms with Crippen LogP contribution in [0.1, 0.15) is 108 Å². The van der Waals surface area contributed by atoms with Gasteiger partial charge in [0.2, 0.25) is 0 Å². The van der Waals surface area contributed by atoms with Crippen molar-refractivity contribution in [1.29, 1.82) is 0 Å². The van der Waals surface area contributed by atoms with Crippen LogP contribution in [0.5, 0.6) is 0 Å². The Balaban J connectivity index is -0.000000675. The van der Waals surface area contributed by atoms with Gasteiger partial charge in [-0.15, -0.1) is 0 Å². The van der Waals surface area contributed by atoms with Gasteiger partial charge < -0.3 is 28.2 Å². The van der Waals surface area contributed by atoms with E-state index in [0.29, 0.717) is 19.4 Å². The van der Waals surface area contributed by atoms with Crippen LogP contribution in [0.15, 0.2) is 0 Å². The van der Waals surface area contributed by atoms with Crippen molar-refractivity contribution >= 4 is 40.5 Å². The Labute approximate surface area is 289 Å². The van der Waals surface area contributed by atoms with Crippen LogP contribution in [0.4, 0.5) is 0 Å². The standard InChI is InChI=1S/C16H36O3Si2.C13H24O5.C6H12O2/c1-8-10-13-20(4,5)19-21(6,7)14-11-12-18-16(17)15(3)9-2;1-5-9(3)12(15)17-7-11(14)8-18-13(16)10(4)6-2;1-6(2,3)5(7)8-4/h15H,8-14H2,1-7H3;9-11,14H,5-8H2,1-4H3;1-4H3. The van der Waals surface area contributed by atoms with Crippen molar-refractivity contribution < 1.29 is 47.3 Å². The zero-order valence-corrected chi connectivity index (χ0v) is 34.7. The molecule has 0 fully saturated rings. The van der Waals surface area contributed by atoms with E-state index in [2.05, 4.69) is 37.8 Å². The number of aliphatic hydroxyl groups excluding tert-OH is 1. The Morgan fingerprint density at radius 1 is 0.660 bits per heavy atom. The van der Waals surface area contributed by atoms with Crippen molar-refractivity contribution in [1.82, 2.24) is 0 Å². The highest BCUT2D eigenvalue weighted by Crippen LogP contribution is 2.24. The van der Waals surface area contributed by atoms with E-state index in [4.69, 9.17) is 18.3 Å². The molecule has 0 aliphatic carbocycles. The molecule has 0 aromatic heterocycles. The first-order valence-corrected chi connectivity index (χ1v) is 23.7. The first kappa shape index (κ1) is 49.6. The molecule has 0 saturated heterocycles. The summed E-state index contributed by atoms with van der Waals surface area (Å²) in [5, 5.41) is 9.50. The van der Waals surface area contributed by atoms with E-state index in [-0.39, 0.29) is 60.3 Å². The summed E-state index contributed by atoms with van der Waals surface area (Å²) in [5.41, 5.74) is -0.352. The number of unbranched alkanes of at least 4 members (excludes halogenated alkanes) is 1. The van der Waals surface area contributed by atoms with Crippen molar-refractivity contribution in [3.8, 4) is 0 Å². The zero-order chi connectivity index (χ0) is 37.4. The number of hydrogen-bond donors (Lipinski definition) is 1. The van der Waals surface area contributed by atoms with Crippen LogP contribution in [0.3, 0.4) is 0 Å². The fraction of sp³-hybridized carbons (Fsp3) is 0.886. The average Bonchev–Trinajstić information content (AvgIpc) is 3.01. The smallest absolute Gasteiger partial charge is 0.310 e. The Bertz CT molecular complexity index is 845. The molecule has 0 bridgehead atoms. The summed E-state index contributed by atoms with van der Waals surface area (Å²) < 4.78 is 26.1. The highest BCUT2D eigenvalue weighted by molar-refractivity contribution is 6.84. The molecule has 0 aliphatic rings. The minimum Gasteiger partial charge on any atom is -0.469 e. The Hall–Kier alpha value is -1.77. The van der Waals surface area contributed by atoms with E-state index in [1.807, 2.05) is 48.5 Å². The molecular formula is C35H72O10Si2. The number of ether oxygens (including phenoxy) is 4. The summed E-state index contributed by atoms with van der Waals surface area (Å²) in [6, 6.07) is 2.33. The zero-order valence-electron chi connectivity index (χ0n) is 32.7. The molecule has 1 N–H and O–H groups in total. The topological polar surface area (TPSA) is 135 Å². The lowest BCUT2D eigenvalue weighted by Crippen LogP contribution is -2.44. The molecule has 0 aromatic carbocycles. The van der Waals surface area contributed by atoms with Gasteiger partial charge in [0.15, 0.2) is 16.6 Å². The van der Waals surface area contributed by atoms with Crippen molar-refractivity contribution in [2.45, 2.75) is 152 Å². The molecule has 47 heavy (non-hydrogen) atoms. The predicted octanol–water partition coefficient (Wildman–Crippen LogP) is 7.92. The summed E-state index contributed by atoms with van der Waals surface area (Å²) in [4.78, 5) is 44.9. The van der Waals surface area contributed by atoms with Crippen LogP contribution in [0.2, 0.25) is 38.3 Å². The number of rotatable bonds is 19. The van der Waals surface area contributed by atoms with Gasteiger partial charge in [0.1, 0.15) is 19.3 Å². The molecule has 0 rings (SSSR count). The maximum atomic E-state index is 11.6. The summed E-state index contributed by atoms with van der Waals surface area (Å²) in [6.07, 6.45) is 4.71. The van der Waals surface area contributed by atoms with Gasteiger partial charge in [0.05, 0.1) is 36.9 Å². The summed E-state index contributed by atoms with van der Waals surface area (Å²) in [7, 11) is -1.74. The fourth-order valence-electron chi connectivity index (χ4n) is 3.76. The number of carbonyl (C=O) groups is 4. The molecule has 10 nitrogen and oxygen atoms in total. The molecule has 0 heterocycles. The van der Waals surface area contributed by atoms with Crippen LogP contribution in [-0.4, -0.2) is 78.7 Å². The first-order chi connectivity index (χ1) is 21.5. The van der Waals surface area contributed by atoms with Crippen molar-refractivity contribution in [2.75, 3.05) is 26.9 Å². The molecular weight excluding hydrogens is 637 g/mol. The van der Waals surface area contributed by atoms with Crippen molar-refractivity contribution in [2.24, 2.45) is 23.2 Å². The lowest BCUT2D eigenvalue weighted by molar-refractivity contribution is -0.157. The molecule has 3 unspecified atom stereocenters. The maximum Gasteiger partial charge on any atom is 0.310 e. The minimum absolute atomic E-state index is 0.0203. The fourth-order valence-corrected chi connectivity index (χ4v) is 12.8. The van der Waals surface area contributed by atoms with E-state index in [0.717, 1.165) is 18.9 Å². The van der Waals surface area contributed by atoms with Gasteiger partial charge in [-0.3, -0.25) is 19.2 Å². The van der Waals surface area contributed by atoms with Crippen LogP contribution in [-0.2, 0) is 42.2 Å². The molecule has 3 atom stereocenters. The number of methoxy groups -OCH3 is 1. The lowest BCUT2D eigenvalue weighted by Gasteiger charge is -2.34. The highest BCUT2D eigenvalue weighted by Gasteiger charge is 2.32. The number of hydrogen-bond acceptors (Lipinski definition) is 10. The van der Waals surface area contributed by atoms with Crippen LogP contribution in [0, 0.1) is 23.2 Å². The molecule has 0 aromatic rings. The molecule has 12 heteroatoms. The van der Waals surface area contributed by atoms with Gasteiger partial charge in [0, 0.05) is 0 Å². The van der Waals surface area contributed by atoms with Crippen molar-refractivity contribution in [3.05, 3.63) is 0 Å². The monoisotopic (exact) mass is 708 g/mol. The molecule has 0 amide bonds. The third-order valence-corrected chi connectivity index (χ3v) is 15.1. The quantitative estimate of drug-likeness (QED) is 0.0610. The van der Waals surface area contributed by atoms with Gasteiger partial charge in [-0.2, -0.15) is 0 Å². The third-order valence-electron chi connectivity index (χ3n) is 7.53. The number of esters is 4.